The highest BCUT2D eigenvalue weighted by Crippen LogP contribution is 2.28. The van der Waals surface area contributed by atoms with Crippen LogP contribution in [0.15, 0.2) is 12.3 Å². The van der Waals surface area contributed by atoms with E-state index in [0.717, 1.165) is 6.07 Å². The van der Waals surface area contributed by atoms with Gasteiger partial charge in [-0.25, -0.2) is 0 Å². The lowest BCUT2D eigenvalue weighted by molar-refractivity contribution is -0.137. The lowest BCUT2D eigenvalue weighted by Gasteiger charge is -1.99. The summed E-state index contributed by atoms with van der Waals surface area (Å²) >= 11 is 0. The minimum Gasteiger partial charge on any atom is -0.349 e. The van der Waals surface area contributed by atoms with Gasteiger partial charge in [-0.15, -0.1) is 0 Å². The molecule has 0 aliphatic heterocycles. The Morgan fingerprint density at radius 3 is 2.30 bits per heavy atom. The van der Waals surface area contributed by atoms with Gasteiger partial charge in [0, 0.05) is 13.2 Å². The Labute approximate surface area is 56.1 Å². The molecule has 1 aromatic heterocycles. The van der Waals surface area contributed by atoms with Crippen molar-refractivity contribution in [3.05, 3.63) is 24.0 Å². The first kappa shape index (κ1) is 7.18. The van der Waals surface area contributed by atoms with Crippen LogP contribution in [0, 0.1) is 6.20 Å². The average molecular weight is 148 g/mol. The van der Waals surface area contributed by atoms with Crippen LogP contribution in [0.1, 0.15) is 5.56 Å². The van der Waals surface area contributed by atoms with Crippen molar-refractivity contribution in [3.63, 3.8) is 0 Å². The summed E-state index contributed by atoms with van der Waals surface area (Å²) in [5.74, 6) is 0. The molecule has 10 heavy (non-hydrogen) atoms. The van der Waals surface area contributed by atoms with Crippen LogP contribution < -0.4 is 0 Å². The molecule has 0 aliphatic carbocycles. The molecule has 55 valence electrons. The van der Waals surface area contributed by atoms with Crippen LogP contribution in [0.25, 0.3) is 0 Å². The zero-order valence-corrected chi connectivity index (χ0v) is 5.24. The average Bonchev–Trinajstić information content (AvgIpc) is 2.11. The molecule has 1 heterocycles. The highest BCUT2D eigenvalue weighted by atomic mass is 19.4. The van der Waals surface area contributed by atoms with Gasteiger partial charge >= 0.3 is 6.18 Å². The largest absolute Gasteiger partial charge is 0.418 e. The SMILES string of the molecule is Cn1[c]c(C(F)(F)F)cc1. The van der Waals surface area contributed by atoms with Gasteiger partial charge in [-0.05, 0) is 6.07 Å². The summed E-state index contributed by atoms with van der Waals surface area (Å²) in [4.78, 5) is 0. The summed E-state index contributed by atoms with van der Waals surface area (Å²) in [6.45, 7) is 0. The third-order valence-electron chi connectivity index (χ3n) is 1.07. The van der Waals surface area contributed by atoms with Crippen molar-refractivity contribution in [2.24, 2.45) is 7.05 Å². The Morgan fingerprint density at radius 1 is 1.50 bits per heavy atom. The number of halogens is 3. The number of hydrogen-bond acceptors (Lipinski definition) is 0. The van der Waals surface area contributed by atoms with Gasteiger partial charge in [0.2, 0.25) is 0 Å². The molecule has 0 aromatic carbocycles. The van der Waals surface area contributed by atoms with Crippen LogP contribution in [0.5, 0.6) is 0 Å². The van der Waals surface area contributed by atoms with Gasteiger partial charge in [0.15, 0.2) is 0 Å². The fraction of sp³-hybridized carbons (Fsp3) is 0.333. The summed E-state index contributed by atoms with van der Waals surface area (Å²) in [6.07, 6.45) is -0.847. The van der Waals surface area contributed by atoms with Gasteiger partial charge in [-0.2, -0.15) is 13.2 Å². The third kappa shape index (κ3) is 1.32. The van der Waals surface area contributed by atoms with E-state index in [0.29, 0.717) is 0 Å². The Bertz CT molecular complexity index is 223. The van der Waals surface area contributed by atoms with E-state index < -0.39 is 11.7 Å². The molecule has 1 radical (unpaired) electrons. The fourth-order valence-electron chi connectivity index (χ4n) is 0.609. The van der Waals surface area contributed by atoms with Crippen molar-refractivity contribution in [1.29, 1.82) is 0 Å². The fourth-order valence-corrected chi connectivity index (χ4v) is 0.609. The smallest absolute Gasteiger partial charge is 0.349 e. The van der Waals surface area contributed by atoms with Crippen molar-refractivity contribution in [1.82, 2.24) is 4.57 Å². The molecule has 0 spiro atoms. The summed E-state index contributed by atoms with van der Waals surface area (Å²) in [7, 11) is 1.50. The maximum atomic E-state index is 11.8. The summed E-state index contributed by atoms with van der Waals surface area (Å²) in [5.41, 5.74) is -0.727. The minimum absolute atomic E-state index is 0.727. The van der Waals surface area contributed by atoms with Gasteiger partial charge in [-0.1, -0.05) is 0 Å². The summed E-state index contributed by atoms with van der Waals surface area (Å²) in [5, 5.41) is 0. The molecular formula is C6H5F3N. The lowest BCUT2D eigenvalue weighted by Crippen LogP contribution is -2.02. The van der Waals surface area contributed by atoms with Crippen molar-refractivity contribution in [2.75, 3.05) is 0 Å². The van der Waals surface area contributed by atoms with Crippen LogP contribution in [0.3, 0.4) is 0 Å². The van der Waals surface area contributed by atoms with Crippen LogP contribution in [-0.4, -0.2) is 4.57 Å². The van der Waals surface area contributed by atoms with E-state index in [2.05, 4.69) is 6.20 Å². The number of aromatic nitrogens is 1. The predicted octanol–water partition coefficient (Wildman–Crippen LogP) is 1.84. The van der Waals surface area contributed by atoms with Crippen molar-refractivity contribution < 1.29 is 13.2 Å². The van der Waals surface area contributed by atoms with E-state index in [-0.39, 0.29) is 0 Å². The van der Waals surface area contributed by atoms with Crippen LogP contribution in [0.4, 0.5) is 13.2 Å². The van der Waals surface area contributed by atoms with Crippen molar-refractivity contribution in [2.45, 2.75) is 6.18 Å². The molecule has 0 amide bonds. The van der Waals surface area contributed by atoms with E-state index in [1.54, 1.807) is 0 Å². The maximum absolute atomic E-state index is 11.8. The van der Waals surface area contributed by atoms with Gasteiger partial charge in [-0.3, -0.25) is 0 Å². The monoisotopic (exact) mass is 148 g/mol. The Balaban J connectivity index is 2.96. The van der Waals surface area contributed by atoms with Gasteiger partial charge in [0.1, 0.15) is 0 Å². The molecule has 1 nitrogen and oxygen atoms in total. The number of alkyl halides is 3. The van der Waals surface area contributed by atoms with Crippen LogP contribution in [0.2, 0.25) is 0 Å². The zero-order valence-electron chi connectivity index (χ0n) is 5.24. The second-order valence-electron chi connectivity index (χ2n) is 1.95. The van der Waals surface area contributed by atoms with Crippen molar-refractivity contribution in [3.8, 4) is 0 Å². The molecule has 1 aromatic rings. The maximum Gasteiger partial charge on any atom is 0.418 e. The van der Waals surface area contributed by atoms with Crippen LogP contribution >= 0.6 is 0 Å². The minimum atomic E-state index is -4.26. The second-order valence-corrected chi connectivity index (χ2v) is 1.95. The molecule has 0 N–H and O–H groups in total. The van der Waals surface area contributed by atoms with E-state index in [4.69, 9.17) is 0 Å². The first-order valence-electron chi connectivity index (χ1n) is 2.62. The normalized spacial score (nSPS) is 12.0. The van der Waals surface area contributed by atoms with Gasteiger partial charge < -0.3 is 4.57 Å². The molecule has 0 bridgehead atoms. The molecule has 1 rings (SSSR count). The predicted molar refractivity (Wildman–Crippen MR) is 29.3 cm³/mol. The highest BCUT2D eigenvalue weighted by Gasteiger charge is 2.31. The molecule has 0 atom stereocenters. The number of hydrogen-bond donors (Lipinski definition) is 0. The molecule has 4 heteroatoms. The van der Waals surface area contributed by atoms with Gasteiger partial charge in [0.25, 0.3) is 0 Å². The molecule has 0 unspecified atom stereocenters. The third-order valence-corrected chi connectivity index (χ3v) is 1.07. The summed E-state index contributed by atoms with van der Waals surface area (Å²) in [6, 6.07) is 0.986. The van der Waals surface area contributed by atoms with Crippen LogP contribution in [-0.2, 0) is 13.2 Å². The summed E-state index contributed by atoms with van der Waals surface area (Å²) < 4.78 is 36.5. The van der Waals surface area contributed by atoms with E-state index in [1.165, 1.54) is 17.8 Å². The number of rotatable bonds is 0. The first-order valence-corrected chi connectivity index (χ1v) is 2.62. The Hall–Kier alpha value is -0.930. The van der Waals surface area contributed by atoms with E-state index >= 15 is 0 Å². The zero-order chi connectivity index (χ0) is 7.78. The molecule has 0 saturated carbocycles. The Morgan fingerprint density at radius 2 is 2.10 bits per heavy atom. The quantitative estimate of drug-likeness (QED) is 0.529. The molecule has 0 fully saturated rings. The van der Waals surface area contributed by atoms with E-state index in [9.17, 15) is 13.2 Å². The Kier molecular flexibility index (Phi) is 1.46. The molecule has 0 saturated heterocycles. The molecule has 0 aliphatic rings. The van der Waals surface area contributed by atoms with Gasteiger partial charge in [0.05, 0.1) is 11.8 Å². The topological polar surface area (TPSA) is 4.93 Å². The number of nitrogens with zero attached hydrogens (tertiary/aromatic N) is 1. The van der Waals surface area contributed by atoms with E-state index in [1.807, 2.05) is 0 Å². The highest BCUT2D eigenvalue weighted by molar-refractivity contribution is 5.11. The molecular weight excluding hydrogens is 143 g/mol. The first-order chi connectivity index (χ1) is 4.50. The lowest BCUT2D eigenvalue weighted by atomic mass is 10.3. The number of aryl methyl sites for hydroxylation is 1. The standard InChI is InChI=1S/C6H5F3N/c1-10-3-2-5(4-10)6(7,8)9/h2-3H,1H3. The van der Waals surface area contributed by atoms with Crippen molar-refractivity contribution >= 4 is 0 Å². The second kappa shape index (κ2) is 2.04.